The molecule has 24 heavy (non-hydrogen) atoms. The van der Waals surface area contributed by atoms with E-state index in [0.717, 1.165) is 39.1 Å². The summed E-state index contributed by atoms with van der Waals surface area (Å²) in [4.78, 5) is 28.2. The Hall–Kier alpha value is -1.92. The second-order valence-electron chi connectivity index (χ2n) is 6.40. The van der Waals surface area contributed by atoms with Crippen molar-refractivity contribution < 1.29 is 14.3 Å². The van der Waals surface area contributed by atoms with Crippen LogP contribution in [0.4, 0.5) is 0 Å². The first-order valence-corrected chi connectivity index (χ1v) is 8.67. The Balaban J connectivity index is 1.40. The maximum Gasteiger partial charge on any atom is 0.311 e. The summed E-state index contributed by atoms with van der Waals surface area (Å²) in [7, 11) is 0. The third-order valence-electron chi connectivity index (χ3n) is 4.62. The summed E-state index contributed by atoms with van der Waals surface area (Å²) >= 11 is 0. The van der Waals surface area contributed by atoms with Gasteiger partial charge in [-0.15, -0.1) is 0 Å². The minimum atomic E-state index is -0.512. The molecule has 0 aliphatic carbocycles. The van der Waals surface area contributed by atoms with Gasteiger partial charge in [0.25, 0.3) is 0 Å². The highest BCUT2D eigenvalue weighted by atomic mass is 16.5. The Bertz CT molecular complexity index is 550. The lowest BCUT2D eigenvalue weighted by Crippen LogP contribution is -2.52. The predicted octanol–water partition coefficient (Wildman–Crippen LogP) is 0.626. The van der Waals surface area contributed by atoms with Gasteiger partial charge < -0.3 is 15.0 Å². The van der Waals surface area contributed by atoms with E-state index in [0.29, 0.717) is 19.6 Å². The molecule has 3 rings (SSSR count). The molecule has 0 saturated carbocycles. The maximum atomic E-state index is 12.2. The number of carbonyl (C=O) groups is 2. The normalized spacial score (nSPS) is 21.7. The van der Waals surface area contributed by atoms with E-state index in [1.54, 1.807) is 4.90 Å². The highest BCUT2D eigenvalue weighted by molar-refractivity contribution is 6.35. The fourth-order valence-electron chi connectivity index (χ4n) is 3.18. The lowest BCUT2D eigenvalue weighted by molar-refractivity contribution is -0.147. The van der Waals surface area contributed by atoms with E-state index < -0.39 is 11.8 Å². The van der Waals surface area contributed by atoms with Crippen LogP contribution in [0, 0.1) is 0 Å². The molecule has 1 aromatic rings. The Morgan fingerprint density at radius 1 is 1.12 bits per heavy atom. The number of rotatable bonds is 4. The molecule has 2 fully saturated rings. The molecule has 2 amide bonds. The van der Waals surface area contributed by atoms with Gasteiger partial charge >= 0.3 is 11.8 Å². The quantitative estimate of drug-likeness (QED) is 0.822. The molecule has 2 aliphatic heterocycles. The van der Waals surface area contributed by atoms with Crippen LogP contribution >= 0.6 is 0 Å². The first-order chi connectivity index (χ1) is 11.7. The summed E-state index contributed by atoms with van der Waals surface area (Å²) in [6.07, 6.45) is 2.04. The Kier molecular flexibility index (Phi) is 5.82. The van der Waals surface area contributed by atoms with Gasteiger partial charge in [0, 0.05) is 45.9 Å². The van der Waals surface area contributed by atoms with E-state index >= 15 is 0 Å². The molecule has 130 valence electrons. The zero-order valence-electron chi connectivity index (χ0n) is 13.9. The van der Waals surface area contributed by atoms with E-state index in [4.69, 9.17) is 4.74 Å². The average molecular weight is 331 g/mol. The SMILES string of the molecule is O=C(NCC1CCCO1)C(=O)N1CCN(Cc2ccccc2)CC1. The fourth-order valence-corrected chi connectivity index (χ4v) is 3.18. The molecule has 1 atom stereocenters. The topological polar surface area (TPSA) is 61.9 Å². The number of hydrogen-bond donors (Lipinski definition) is 1. The highest BCUT2D eigenvalue weighted by Gasteiger charge is 2.26. The van der Waals surface area contributed by atoms with Gasteiger partial charge in [-0.25, -0.2) is 0 Å². The van der Waals surface area contributed by atoms with Crippen molar-refractivity contribution in [2.75, 3.05) is 39.3 Å². The Morgan fingerprint density at radius 3 is 2.54 bits per heavy atom. The third-order valence-corrected chi connectivity index (χ3v) is 4.62. The molecule has 1 aromatic carbocycles. The molecule has 0 spiro atoms. The van der Waals surface area contributed by atoms with Gasteiger partial charge in [-0.3, -0.25) is 14.5 Å². The van der Waals surface area contributed by atoms with Gasteiger partial charge in [-0.05, 0) is 18.4 Å². The lowest BCUT2D eigenvalue weighted by atomic mass is 10.2. The van der Waals surface area contributed by atoms with Crippen LogP contribution in [-0.2, 0) is 20.9 Å². The summed E-state index contributed by atoms with van der Waals surface area (Å²) in [5.74, 6) is -0.936. The van der Waals surface area contributed by atoms with Crippen molar-refractivity contribution in [2.24, 2.45) is 0 Å². The monoisotopic (exact) mass is 331 g/mol. The maximum absolute atomic E-state index is 12.2. The van der Waals surface area contributed by atoms with Crippen LogP contribution in [0.15, 0.2) is 30.3 Å². The Morgan fingerprint density at radius 2 is 1.88 bits per heavy atom. The molecule has 2 saturated heterocycles. The van der Waals surface area contributed by atoms with E-state index in [1.165, 1.54) is 5.56 Å². The van der Waals surface area contributed by atoms with Crippen molar-refractivity contribution in [3.8, 4) is 0 Å². The second-order valence-corrected chi connectivity index (χ2v) is 6.40. The number of carbonyl (C=O) groups excluding carboxylic acids is 2. The number of nitrogens with zero attached hydrogens (tertiary/aromatic N) is 2. The van der Waals surface area contributed by atoms with Gasteiger partial charge in [-0.1, -0.05) is 30.3 Å². The molecule has 2 heterocycles. The van der Waals surface area contributed by atoms with Gasteiger partial charge in [0.05, 0.1) is 6.10 Å². The summed E-state index contributed by atoms with van der Waals surface area (Å²) < 4.78 is 5.45. The van der Waals surface area contributed by atoms with Crippen molar-refractivity contribution in [1.82, 2.24) is 15.1 Å². The average Bonchev–Trinajstić information content (AvgIpc) is 3.14. The van der Waals surface area contributed by atoms with Crippen LogP contribution in [0.25, 0.3) is 0 Å². The van der Waals surface area contributed by atoms with E-state index in [2.05, 4.69) is 22.3 Å². The van der Waals surface area contributed by atoms with Gasteiger partial charge in [0.2, 0.25) is 0 Å². The number of piperazine rings is 1. The third kappa shape index (κ3) is 4.55. The molecular weight excluding hydrogens is 306 g/mol. The van der Waals surface area contributed by atoms with Crippen molar-refractivity contribution in [2.45, 2.75) is 25.5 Å². The Labute approximate surface area is 142 Å². The van der Waals surface area contributed by atoms with Crippen LogP contribution in [0.1, 0.15) is 18.4 Å². The minimum absolute atomic E-state index is 0.0597. The number of amides is 2. The van der Waals surface area contributed by atoms with Crippen LogP contribution < -0.4 is 5.32 Å². The molecule has 1 N–H and O–H groups in total. The molecule has 0 aromatic heterocycles. The molecule has 6 heteroatoms. The van der Waals surface area contributed by atoms with E-state index in [-0.39, 0.29) is 6.10 Å². The van der Waals surface area contributed by atoms with Crippen LogP contribution in [0.3, 0.4) is 0 Å². The second kappa shape index (κ2) is 8.26. The number of hydrogen-bond acceptors (Lipinski definition) is 4. The minimum Gasteiger partial charge on any atom is -0.376 e. The summed E-state index contributed by atoms with van der Waals surface area (Å²) in [6, 6.07) is 10.3. The summed E-state index contributed by atoms with van der Waals surface area (Å²) in [5.41, 5.74) is 1.27. The van der Waals surface area contributed by atoms with Gasteiger partial charge in [0.15, 0.2) is 0 Å². The highest BCUT2D eigenvalue weighted by Crippen LogP contribution is 2.11. The molecule has 1 unspecified atom stereocenters. The van der Waals surface area contributed by atoms with Crippen LogP contribution in [0.5, 0.6) is 0 Å². The molecular formula is C18H25N3O3. The predicted molar refractivity (Wildman–Crippen MR) is 90.3 cm³/mol. The largest absolute Gasteiger partial charge is 0.376 e. The van der Waals surface area contributed by atoms with Gasteiger partial charge in [-0.2, -0.15) is 0 Å². The number of ether oxygens (including phenoxy) is 1. The van der Waals surface area contributed by atoms with E-state index in [9.17, 15) is 9.59 Å². The molecule has 2 aliphatic rings. The smallest absolute Gasteiger partial charge is 0.311 e. The van der Waals surface area contributed by atoms with Crippen molar-refractivity contribution in [3.63, 3.8) is 0 Å². The number of nitrogens with one attached hydrogen (secondary N) is 1. The fraction of sp³-hybridized carbons (Fsp3) is 0.556. The first-order valence-electron chi connectivity index (χ1n) is 8.67. The first kappa shape index (κ1) is 16.9. The van der Waals surface area contributed by atoms with Crippen LogP contribution in [-0.4, -0.2) is 67.0 Å². The van der Waals surface area contributed by atoms with E-state index in [1.807, 2.05) is 18.2 Å². The standard InChI is InChI=1S/C18H25N3O3/c22-17(19-13-16-7-4-12-24-16)18(23)21-10-8-20(9-11-21)14-15-5-2-1-3-6-15/h1-3,5-6,16H,4,7-14H2,(H,19,22). The van der Waals surface area contributed by atoms with Crippen LogP contribution in [0.2, 0.25) is 0 Å². The molecule has 0 bridgehead atoms. The zero-order chi connectivity index (χ0) is 16.8. The zero-order valence-corrected chi connectivity index (χ0v) is 13.9. The summed E-state index contributed by atoms with van der Waals surface area (Å²) in [5, 5.41) is 2.70. The van der Waals surface area contributed by atoms with Crippen molar-refractivity contribution in [1.29, 1.82) is 0 Å². The summed E-state index contributed by atoms with van der Waals surface area (Å²) in [6.45, 7) is 4.84. The number of benzene rings is 1. The van der Waals surface area contributed by atoms with Crippen molar-refractivity contribution >= 4 is 11.8 Å². The van der Waals surface area contributed by atoms with Crippen molar-refractivity contribution in [3.05, 3.63) is 35.9 Å². The van der Waals surface area contributed by atoms with Gasteiger partial charge in [0.1, 0.15) is 0 Å². The lowest BCUT2D eigenvalue weighted by Gasteiger charge is -2.34. The molecule has 6 nitrogen and oxygen atoms in total. The molecule has 0 radical (unpaired) electrons.